The fourth-order valence-electron chi connectivity index (χ4n) is 2.31. The second kappa shape index (κ2) is 8.70. The Kier molecular flexibility index (Phi) is 7.53. The maximum absolute atomic E-state index is 2.91. The first-order valence-corrected chi connectivity index (χ1v) is 7.73. The summed E-state index contributed by atoms with van der Waals surface area (Å²) in [6.07, 6.45) is 10.5. The van der Waals surface area contributed by atoms with Crippen molar-refractivity contribution < 1.29 is 0 Å². The first-order valence-electron chi connectivity index (χ1n) is 7.15. The molecule has 0 spiro atoms. The van der Waals surface area contributed by atoms with Crippen molar-refractivity contribution in [3.8, 4) is 0 Å². The van der Waals surface area contributed by atoms with Gasteiger partial charge in [0.05, 0.1) is 0 Å². The predicted octanol–water partition coefficient (Wildman–Crippen LogP) is 4.65. The Hall–Kier alpha value is -0.350. The summed E-state index contributed by atoms with van der Waals surface area (Å²) >= 11 is 0. The van der Waals surface area contributed by atoms with E-state index in [2.05, 4.69) is 41.3 Å². The molecule has 17 heavy (non-hydrogen) atoms. The third-order valence-corrected chi connectivity index (χ3v) is 3.93. The summed E-state index contributed by atoms with van der Waals surface area (Å²) in [6, 6.07) is 6.76. The summed E-state index contributed by atoms with van der Waals surface area (Å²) < 4.78 is 0. The van der Waals surface area contributed by atoms with E-state index in [1.807, 2.05) is 0 Å². The van der Waals surface area contributed by atoms with Crippen LogP contribution in [0.1, 0.15) is 63.5 Å². The van der Waals surface area contributed by atoms with Crippen LogP contribution >= 0.6 is 9.24 Å². The SMILES string of the molecule is CCCCCc1cccc(P)c1CCCCC. The minimum absolute atomic E-state index is 1.26. The topological polar surface area (TPSA) is 0 Å². The van der Waals surface area contributed by atoms with Crippen molar-refractivity contribution in [2.24, 2.45) is 0 Å². The van der Waals surface area contributed by atoms with Crippen LogP contribution in [-0.2, 0) is 12.8 Å². The molecule has 0 aromatic heterocycles. The standard InChI is InChI=1S/C16H27P/c1-3-5-7-10-14-11-9-13-16(17)15(14)12-8-6-4-2/h9,11,13H,3-8,10,12,17H2,1-2H3. The van der Waals surface area contributed by atoms with Crippen LogP contribution in [0.3, 0.4) is 0 Å². The first-order chi connectivity index (χ1) is 8.29. The molecule has 0 fully saturated rings. The third-order valence-electron chi connectivity index (χ3n) is 3.39. The molecule has 0 bridgehead atoms. The molecule has 0 nitrogen and oxygen atoms in total. The maximum Gasteiger partial charge on any atom is -0.0268 e. The molecule has 0 N–H and O–H groups in total. The van der Waals surface area contributed by atoms with Gasteiger partial charge in [-0.15, -0.1) is 9.24 Å². The van der Waals surface area contributed by atoms with Crippen LogP contribution in [0.2, 0.25) is 0 Å². The van der Waals surface area contributed by atoms with Gasteiger partial charge in [-0.1, -0.05) is 57.7 Å². The molecule has 0 radical (unpaired) electrons. The molecule has 1 atom stereocenters. The van der Waals surface area contributed by atoms with Crippen molar-refractivity contribution in [2.75, 3.05) is 0 Å². The fourth-order valence-corrected chi connectivity index (χ4v) is 2.75. The predicted molar refractivity (Wildman–Crippen MR) is 82.2 cm³/mol. The number of unbranched alkanes of at least 4 members (excludes halogenated alkanes) is 4. The van der Waals surface area contributed by atoms with Crippen molar-refractivity contribution in [1.29, 1.82) is 0 Å². The number of hydrogen-bond acceptors (Lipinski definition) is 0. The number of hydrogen-bond donors (Lipinski definition) is 0. The normalized spacial score (nSPS) is 10.8. The molecule has 1 aromatic rings. The smallest absolute Gasteiger partial charge is 0.0268 e. The molecule has 1 heteroatoms. The highest BCUT2D eigenvalue weighted by Crippen LogP contribution is 2.16. The summed E-state index contributed by atoms with van der Waals surface area (Å²) in [5.41, 5.74) is 3.18. The highest BCUT2D eigenvalue weighted by atomic mass is 31.0. The van der Waals surface area contributed by atoms with E-state index < -0.39 is 0 Å². The lowest BCUT2D eigenvalue weighted by Gasteiger charge is -2.12. The van der Waals surface area contributed by atoms with Crippen LogP contribution in [0.25, 0.3) is 0 Å². The quantitative estimate of drug-likeness (QED) is 0.465. The maximum atomic E-state index is 2.91. The second-order valence-electron chi connectivity index (χ2n) is 4.90. The summed E-state index contributed by atoms with van der Waals surface area (Å²) in [7, 11) is 2.91. The molecule has 0 aliphatic heterocycles. The van der Waals surface area contributed by atoms with Crippen LogP contribution in [0.5, 0.6) is 0 Å². The highest BCUT2D eigenvalue weighted by Gasteiger charge is 2.05. The van der Waals surface area contributed by atoms with Gasteiger partial charge in [0.25, 0.3) is 0 Å². The van der Waals surface area contributed by atoms with Crippen LogP contribution in [0, 0.1) is 0 Å². The lowest BCUT2D eigenvalue weighted by molar-refractivity contribution is 0.695. The van der Waals surface area contributed by atoms with Gasteiger partial charge in [-0.05, 0) is 42.1 Å². The van der Waals surface area contributed by atoms with E-state index in [4.69, 9.17) is 0 Å². The lowest BCUT2D eigenvalue weighted by atomic mass is 9.97. The number of benzene rings is 1. The van der Waals surface area contributed by atoms with Crippen molar-refractivity contribution >= 4 is 14.5 Å². The van der Waals surface area contributed by atoms with Gasteiger partial charge in [-0.25, -0.2) is 0 Å². The van der Waals surface area contributed by atoms with Crippen LogP contribution in [0.15, 0.2) is 18.2 Å². The van der Waals surface area contributed by atoms with Crippen molar-refractivity contribution in [1.82, 2.24) is 0 Å². The Morgan fingerprint density at radius 2 is 1.53 bits per heavy atom. The van der Waals surface area contributed by atoms with Crippen LogP contribution in [0.4, 0.5) is 0 Å². The van der Waals surface area contributed by atoms with E-state index in [0.717, 1.165) is 0 Å². The zero-order chi connectivity index (χ0) is 12.5. The Balaban J connectivity index is 2.63. The van der Waals surface area contributed by atoms with Crippen LogP contribution in [-0.4, -0.2) is 0 Å². The van der Waals surface area contributed by atoms with Crippen molar-refractivity contribution in [2.45, 2.75) is 65.2 Å². The molecule has 1 rings (SSSR count). The highest BCUT2D eigenvalue weighted by molar-refractivity contribution is 7.27. The Morgan fingerprint density at radius 3 is 2.18 bits per heavy atom. The number of rotatable bonds is 8. The van der Waals surface area contributed by atoms with Gasteiger partial charge in [0.2, 0.25) is 0 Å². The van der Waals surface area contributed by atoms with E-state index in [1.165, 1.54) is 56.7 Å². The number of aryl methyl sites for hydroxylation is 1. The molecule has 0 saturated heterocycles. The molecule has 0 heterocycles. The molecular formula is C16H27P. The van der Waals surface area contributed by atoms with Gasteiger partial charge in [-0.2, -0.15) is 0 Å². The van der Waals surface area contributed by atoms with Gasteiger partial charge in [0.15, 0.2) is 0 Å². The molecule has 0 aliphatic carbocycles. The second-order valence-corrected chi connectivity index (χ2v) is 5.52. The lowest BCUT2D eigenvalue weighted by Crippen LogP contribution is -2.06. The summed E-state index contributed by atoms with van der Waals surface area (Å²) in [5.74, 6) is 0. The van der Waals surface area contributed by atoms with E-state index in [9.17, 15) is 0 Å². The van der Waals surface area contributed by atoms with Gasteiger partial charge < -0.3 is 0 Å². The summed E-state index contributed by atoms with van der Waals surface area (Å²) in [4.78, 5) is 0. The van der Waals surface area contributed by atoms with E-state index in [-0.39, 0.29) is 0 Å². The molecular weight excluding hydrogens is 223 g/mol. The van der Waals surface area contributed by atoms with Crippen molar-refractivity contribution in [3.63, 3.8) is 0 Å². The monoisotopic (exact) mass is 250 g/mol. The Labute approximate surface area is 109 Å². The average Bonchev–Trinajstić information content (AvgIpc) is 2.33. The van der Waals surface area contributed by atoms with Gasteiger partial charge in [0, 0.05) is 0 Å². The zero-order valence-electron chi connectivity index (χ0n) is 11.5. The molecule has 96 valence electrons. The van der Waals surface area contributed by atoms with E-state index in [0.29, 0.717) is 0 Å². The Morgan fingerprint density at radius 1 is 0.882 bits per heavy atom. The molecule has 0 amide bonds. The van der Waals surface area contributed by atoms with Crippen molar-refractivity contribution in [3.05, 3.63) is 29.3 Å². The zero-order valence-corrected chi connectivity index (χ0v) is 12.6. The minimum atomic E-state index is 1.26. The molecule has 0 saturated carbocycles. The van der Waals surface area contributed by atoms with Crippen LogP contribution < -0.4 is 5.30 Å². The molecule has 1 unspecified atom stereocenters. The summed E-state index contributed by atoms with van der Waals surface area (Å²) in [5, 5.41) is 1.41. The van der Waals surface area contributed by atoms with Gasteiger partial charge >= 0.3 is 0 Å². The van der Waals surface area contributed by atoms with Gasteiger partial charge in [0.1, 0.15) is 0 Å². The fraction of sp³-hybridized carbons (Fsp3) is 0.625. The van der Waals surface area contributed by atoms with E-state index >= 15 is 0 Å². The van der Waals surface area contributed by atoms with Gasteiger partial charge in [-0.3, -0.25) is 0 Å². The molecule has 1 aromatic carbocycles. The minimum Gasteiger partial charge on any atom is -0.105 e. The summed E-state index contributed by atoms with van der Waals surface area (Å²) in [6.45, 7) is 4.54. The average molecular weight is 250 g/mol. The Bertz CT molecular complexity index is 317. The molecule has 0 aliphatic rings. The largest absolute Gasteiger partial charge is 0.105 e. The third kappa shape index (κ3) is 5.21. The van der Waals surface area contributed by atoms with E-state index in [1.54, 1.807) is 11.1 Å². The first kappa shape index (κ1) is 14.7.